The Labute approximate surface area is 204 Å². The second-order valence-electron chi connectivity index (χ2n) is 8.93. The zero-order chi connectivity index (χ0) is 23.9. The fraction of sp³-hybridized carbons (Fsp3) is 0.440. The molecule has 1 fully saturated rings. The lowest BCUT2D eigenvalue weighted by Crippen LogP contribution is -2.47. The van der Waals surface area contributed by atoms with E-state index in [1.165, 1.54) is 6.42 Å². The lowest BCUT2D eigenvalue weighted by molar-refractivity contribution is 0.148. The number of carbonyl (C=O) groups is 1. The van der Waals surface area contributed by atoms with Crippen LogP contribution in [0, 0.1) is 0 Å². The molecule has 0 unspecified atom stereocenters. The number of halogens is 1. The average molecular weight is 483 g/mol. The molecule has 2 amide bonds. The van der Waals surface area contributed by atoms with E-state index in [1.54, 1.807) is 0 Å². The van der Waals surface area contributed by atoms with Gasteiger partial charge < -0.3 is 15.3 Å². The number of nitrogens with one attached hydrogen (secondary N) is 2. The summed E-state index contributed by atoms with van der Waals surface area (Å²) in [5, 5.41) is 28.0. The van der Waals surface area contributed by atoms with Gasteiger partial charge in [-0.05, 0) is 48.6 Å². The van der Waals surface area contributed by atoms with Gasteiger partial charge in [-0.3, -0.25) is 0 Å². The summed E-state index contributed by atoms with van der Waals surface area (Å²) in [4.78, 5) is 15.3. The Balaban J connectivity index is 1.44. The first-order chi connectivity index (χ1) is 16.5. The minimum absolute atomic E-state index is 0.0597. The molecule has 3 aromatic rings. The van der Waals surface area contributed by atoms with Crippen molar-refractivity contribution in [3.05, 3.63) is 76.1 Å². The van der Waals surface area contributed by atoms with Crippen molar-refractivity contribution in [3.8, 4) is 0 Å². The van der Waals surface area contributed by atoms with Crippen molar-refractivity contribution in [2.75, 3.05) is 0 Å². The largest absolute Gasteiger partial charge is 0.388 e. The van der Waals surface area contributed by atoms with E-state index in [1.807, 2.05) is 60.4 Å². The molecular formula is C25H31ClN6O2. The van der Waals surface area contributed by atoms with Crippen LogP contribution in [0.15, 0.2) is 48.5 Å². The lowest BCUT2D eigenvalue weighted by Gasteiger charge is -2.35. The van der Waals surface area contributed by atoms with Crippen LogP contribution < -0.4 is 5.32 Å². The molecule has 0 saturated heterocycles. The number of amides is 2. The molecule has 1 aliphatic rings. The summed E-state index contributed by atoms with van der Waals surface area (Å²) in [6.07, 6.45) is 5.11. The van der Waals surface area contributed by atoms with E-state index in [0.29, 0.717) is 17.4 Å². The minimum Gasteiger partial charge on any atom is -0.388 e. The number of aliphatic hydroxyl groups excluding tert-OH is 1. The number of urea groups is 1. The van der Waals surface area contributed by atoms with Crippen LogP contribution in [-0.4, -0.2) is 42.7 Å². The van der Waals surface area contributed by atoms with Crippen molar-refractivity contribution in [1.29, 1.82) is 0 Å². The molecule has 1 heterocycles. The van der Waals surface area contributed by atoms with E-state index < -0.39 is 6.10 Å². The highest BCUT2D eigenvalue weighted by atomic mass is 35.5. The van der Waals surface area contributed by atoms with Crippen LogP contribution in [0.1, 0.15) is 73.7 Å². The normalized spacial score (nSPS) is 16.1. The van der Waals surface area contributed by atoms with E-state index in [9.17, 15) is 9.90 Å². The molecular weight excluding hydrogens is 452 g/mol. The number of benzene rings is 2. The molecule has 0 bridgehead atoms. The summed E-state index contributed by atoms with van der Waals surface area (Å²) in [7, 11) is 0. The molecule has 1 saturated carbocycles. The van der Waals surface area contributed by atoms with Crippen LogP contribution in [0.2, 0.25) is 5.02 Å². The van der Waals surface area contributed by atoms with Crippen molar-refractivity contribution in [3.63, 3.8) is 0 Å². The number of rotatable bonds is 8. The Kier molecular flexibility index (Phi) is 8.13. The summed E-state index contributed by atoms with van der Waals surface area (Å²) >= 11 is 6.01. The van der Waals surface area contributed by atoms with Crippen LogP contribution in [-0.2, 0) is 13.0 Å². The summed E-state index contributed by atoms with van der Waals surface area (Å²) < 4.78 is 0. The lowest BCUT2D eigenvalue weighted by atomic mass is 9.94. The number of carbonyl (C=O) groups excluding carboxylic acids is 1. The second-order valence-corrected chi connectivity index (χ2v) is 9.37. The van der Waals surface area contributed by atoms with Crippen LogP contribution in [0.3, 0.4) is 0 Å². The van der Waals surface area contributed by atoms with E-state index in [2.05, 4.69) is 25.9 Å². The molecule has 180 valence electrons. The molecule has 1 aliphatic carbocycles. The van der Waals surface area contributed by atoms with Crippen LogP contribution in [0.25, 0.3) is 0 Å². The van der Waals surface area contributed by atoms with Gasteiger partial charge in [0.25, 0.3) is 0 Å². The number of aromatic nitrogens is 4. The molecule has 3 N–H and O–H groups in total. The number of tetrazole rings is 1. The van der Waals surface area contributed by atoms with Gasteiger partial charge >= 0.3 is 6.03 Å². The van der Waals surface area contributed by atoms with Crippen molar-refractivity contribution < 1.29 is 9.90 Å². The van der Waals surface area contributed by atoms with Gasteiger partial charge in [0.15, 0.2) is 5.82 Å². The standard InChI is InChI=1S/C25H31ClN6O2/c1-17(19-11-13-21(26)14-12-19)27-25(34)32(22-5-3-2-4-6-22)16-18-7-9-20(10-8-18)23(33)15-24-28-30-31-29-24/h7-14,17,22-23,33H,2-6,15-16H2,1H3,(H,27,34)(H,28,29,30,31)/t17-,23-/m1/s1. The first kappa shape index (κ1) is 24.2. The first-order valence-electron chi connectivity index (χ1n) is 11.8. The minimum atomic E-state index is -0.718. The molecule has 1 aromatic heterocycles. The maximum absolute atomic E-state index is 13.4. The summed E-state index contributed by atoms with van der Waals surface area (Å²) in [5.41, 5.74) is 2.82. The van der Waals surface area contributed by atoms with Crippen LogP contribution >= 0.6 is 11.6 Å². The van der Waals surface area contributed by atoms with Crippen molar-refractivity contribution in [2.24, 2.45) is 0 Å². The van der Waals surface area contributed by atoms with Crippen molar-refractivity contribution >= 4 is 17.6 Å². The third kappa shape index (κ3) is 6.33. The van der Waals surface area contributed by atoms with Gasteiger partial charge in [-0.15, -0.1) is 10.2 Å². The van der Waals surface area contributed by atoms with Crippen LogP contribution in [0.4, 0.5) is 4.79 Å². The Hall–Kier alpha value is -2.97. The predicted molar refractivity (Wildman–Crippen MR) is 130 cm³/mol. The maximum atomic E-state index is 13.4. The summed E-state index contributed by atoms with van der Waals surface area (Å²) in [6.45, 7) is 2.51. The van der Waals surface area contributed by atoms with Gasteiger partial charge in [0.1, 0.15) is 0 Å². The molecule has 0 radical (unpaired) electrons. The summed E-state index contributed by atoms with van der Waals surface area (Å²) in [6, 6.07) is 15.3. The molecule has 0 aliphatic heterocycles. The van der Waals surface area contributed by atoms with E-state index in [4.69, 9.17) is 11.6 Å². The Morgan fingerprint density at radius 1 is 1.12 bits per heavy atom. The molecule has 0 spiro atoms. The highest BCUT2D eigenvalue weighted by molar-refractivity contribution is 6.30. The number of nitrogens with zero attached hydrogens (tertiary/aromatic N) is 4. The van der Waals surface area contributed by atoms with Gasteiger partial charge in [0.05, 0.1) is 12.1 Å². The number of aromatic amines is 1. The smallest absolute Gasteiger partial charge is 0.318 e. The highest BCUT2D eigenvalue weighted by Gasteiger charge is 2.27. The number of hydrogen-bond acceptors (Lipinski definition) is 5. The SMILES string of the molecule is C[C@@H](NC(=O)N(Cc1ccc([C@H](O)Cc2nn[nH]n2)cc1)C1CCCCC1)c1ccc(Cl)cc1. The zero-order valence-corrected chi connectivity index (χ0v) is 20.1. The quantitative estimate of drug-likeness (QED) is 0.430. The third-order valence-electron chi connectivity index (χ3n) is 6.47. The van der Waals surface area contributed by atoms with Gasteiger partial charge in [-0.2, -0.15) is 5.21 Å². The van der Waals surface area contributed by atoms with Crippen molar-refractivity contribution in [1.82, 2.24) is 30.8 Å². The Morgan fingerprint density at radius 3 is 2.44 bits per heavy atom. The zero-order valence-electron chi connectivity index (χ0n) is 19.3. The molecule has 34 heavy (non-hydrogen) atoms. The maximum Gasteiger partial charge on any atom is 0.318 e. The number of hydrogen-bond donors (Lipinski definition) is 3. The molecule has 2 aromatic carbocycles. The molecule has 9 heteroatoms. The Morgan fingerprint density at radius 2 is 1.79 bits per heavy atom. The fourth-order valence-corrected chi connectivity index (χ4v) is 4.59. The van der Waals surface area contributed by atoms with E-state index in [-0.39, 0.29) is 24.5 Å². The number of H-pyrrole nitrogens is 1. The average Bonchev–Trinajstić information content (AvgIpc) is 3.36. The fourth-order valence-electron chi connectivity index (χ4n) is 4.46. The number of aliphatic hydroxyl groups is 1. The summed E-state index contributed by atoms with van der Waals surface area (Å²) in [5.74, 6) is 0.464. The third-order valence-corrected chi connectivity index (χ3v) is 6.72. The van der Waals surface area contributed by atoms with Crippen LogP contribution in [0.5, 0.6) is 0 Å². The second kappa shape index (κ2) is 11.4. The molecule has 4 rings (SSSR count). The van der Waals surface area contributed by atoms with E-state index >= 15 is 0 Å². The van der Waals surface area contributed by atoms with Gasteiger partial charge in [-0.25, -0.2) is 4.79 Å². The monoisotopic (exact) mass is 482 g/mol. The topological polar surface area (TPSA) is 107 Å². The van der Waals surface area contributed by atoms with Gasteiger partial charge in [0, 0.05) is 24.0 Å². The van der Waals surface area contributed by atoms with Crippen molar-refractivity contribution in [2.45, 2.75) is 70.2 Å². The van der Waals surface area contributed by atoms with Gasteiger partial charge in [0.2, 0.25) is 0 Å². The molecule has 2 atom stereocenters. The first-order valence-corrected chi connectivity index (χ1v) is 12.2. The Bertz CT molecular complexity index is 1040. The van der Waals surface area contributed by atoms with E-state index in [0.717, 1.165) is 42.4 Å². The highest BCUT2D eigenvalue weighted by Crippen LogP contribution is 2.26. The predicted octanol–water partition coefficient (Wildman–Crippen LogP) is 4.73. The van der Waals surface area contributed by atoms with Gasteiger partial charge in [-0.1, -0.05) is 72.5 Å². The molecule has 8 nitrogen and oxygen atoms in total.